The molecule has 6 nitrogen and oxygen atoms in total. The van der Waals surface area contributed by atoms with Crippen LogP contribution in [0.5, 0.6) is 17.2 Å². The van der Waals surface area contributed by atoms with Crippen molar-refractivity contribution in [1.29, 1.82) is 0 Å². The molecule has 0 unspecified atom stereocenters. The fourth-order valence-corrected chi connectivity index (χ4v) is 3.17. The highest BCUT2D eigenvalue weighted by atomic mass is 31.2. The first kappa shape index (κ1) is 14.7. The monoisotopic (exact) mass is 298 g/mol. The molecule has 0 bridgehead atoms. The smallest absolute Gasteiger partial charge is 0.364 e. The molecule has 0 aromatic heterocycles. The van der Waals surface area contributed by atoms with Crippen molar-refractivity contribution in [2.45, 2.75) is 0 Å². The zero-order chi connectivity index (χ0) is 14.9. The highest BCUT2D eigenvalue weighted by molar-refractivity contribution is 7.62. The summed E-state index contributed by atoms with van der Waals surface area (Å²) in [4.78, 5) is 0. The standard InChI is InChI=1S/C13H15O6P/c1-17-8-4-5-9-10(6-8)11(14)7-12(13(9)15)20(16,18-2)19-3/h4-7,14-15H,1-3H3. The molecular formula is C13H15O6P. The Kier molecular flexibility index (Phi) is 3.90. The van der Waals surface area contributed by atoms with Crippen LogP contribution in [0, 0.1) is 0 Å². The first-order valence-electron chi connectivity index (χ1n) is 5.71. The predicted molar refractivity (Wildman–Crippen MR) is 75.1 cm³/mol. The van der Waals surface area contributed by atoms with Crippen molar-refractivity contribution in [1.82, 2.24) is 0 Å². The lowest BCUT2D eigenvalue weighted by molar-refractivity contribution is 0.286. The molecular weight excluding hydrogens is 283 g/mol. The highest BCUT2D eigenvalue weighted by Crippen LogP contribution is 2.50. The minimum Gasteiger partial charge on any atom is -0.507 e. The first-order valence-corrected chi connectivity index (χ1v) is 7.26. The molecule has 0 saturated heterocycles. The molecule has 0 aliphatic carbocycles. The Balaban J connectivity index is 2.79. The van der Waals surface area contributed by atoms with E-state index >= 15 is 0 Å². The molecule has 2 aromatic carbocycles. The second-order valence-electron chi connectivity index (χ2n) is 4.04. The van der Waals surface area contributed by atoms with Crippen LogP contribution in [0.2, 0.25) is 0 Å². The number of fused-ring (bicyclic) bond motifs is 1. The van der Waals surface area contributed by atoms with Crippen molar-refractivity contribution in [3.05, 3.63) is 24.3 Å². The number of phenols is 2. The Morgan fingerprint density at radius 3 is 2.20 bits per heavy atom. The van der Waals surface area contributed by atoms with Gasteiger partial charge in [0.25, 0.3) is 0 Å². The number of benzene rings is 2. The van der Waals surface area contributed by atoms with Crippen molar-refractivity contribution in [3.63, 3.8) is 0 Å². The third kappa shape index (κ3) is 2.22. The molecule has 7 heteroatoms. The molecule has 0 fully saturated rings. The fraction of sp³-hybridized carbons (Fsp3) is 0.231. The van der Waals surface area contributed by atoms with Crippen molar-refractivity contribution in [3.8, 4) is 17.2 Å². The number of rotatable bonds is 4. The van der Waals surface area contributed by atoms with Gasteiger partial charge in [0.1, 0.15) is 22.6 Å². The van der Waals surface area contributed by atoms with Gasteiger partial charge >= 0.3 is 7.60 Å². The molecule has 2 aromatic rings. The van der Waals surface area contributed by atoms with E-state index in [1.54, 1.807) is 18.2 Å². The molecule has 0 aliphatic heterocycles. The number of ether oxygens (including phenoxy) is 1. The van der Waals surface area contributed by atoms with E-state index in [4.69, 9.17) is 13.8 Å². The zero-order valence-corrected chi connectivity index (χ0v) is 12.2. The van der Waals surface area contributed by atoms with E-state index in [1.807, 2.05) is 0 Å². The van der Waals surface area contributed by atoms with Crippen LogP contribution in [0.15, 0.2) is 24.3 Å². The van der Waals surface area contributed by atoms with Gasteiger partial charge in [0.05, 0.1) is 7.11 Å². The Morgan fingerprint density at radius 1 is 1.00 bits per heavy atom. The van der Waals surface area contributed by atoms with Gasteiger partial charge in [-0.15, -0.1) is 0 Å². The van der Waals surface area contributed by atoms with Crippen LogP contribution in [0.1, 0.15) is 0 Å². The molecule has 0 atom stereocenters. The number of aromatic hydroxyl groups is 2. The maximum atomic E-state index is 12.4. The van der Waals surface area contributed by atoms with Crippen LogP contribution in [-0.4, -0.2) is 31.5 Å². The van der Waals surface area contributed by atoms with E-state index < -0.39 is 7.60 Å². The van der Waals surface area contributed by atoms with Gasteiger partial charge in [0, 0.05) is 25.0 Å². The molecule has 2 rings (SSSR count). The van der Waals surface area contributed by atoms with Gasteiger partial charge in [0.15, 0.2) is 0 Å². The summed E-state index contributed by atoms with van der Waals surface area (Å²) in [5, 5.41) is 20.9. The van der Waals surface area contributed by atoms with Crippen molar-refractivity contribution in [2.75, 3.05) is 21.3 Å². The Morgan fingerprint density at radius 2 is 1.65 bits per heavy atom. The van der Waals surface area contributed by atoms with Gasteiger partial charge in [-0.3, -0.25) is 4.57 Å². The summed E-state index contributed by atoms with van der Waals surface area (Å²) in [5.74, 6) is 0.120. The summed E-state index contributed by atoms with van der Waals surface area (Å²) in [7, 11) is 0.249. The predicted octanol–water partition coefficient (Wildman–Crippen LogP) is 2.37. The molecule has 0 heterocycles. The molecule has 108 valence electrons. The van der Waals surface area contributed by atoms with Gasteiger partial charge in [0.2, 0.25) is 0 Å². The minimum atomic E-state index is -3.66. The maximum absolute atomic E-state index is 12.4. The lowest BCUT2D eigenvalue weighted by Crippen LogP contribution is -2.09. The van der Waals surface area contributed by atoms with Gasteiger partial charge in [-0.1, -0.05) is 0 Å². The second-order valence-corrected chi connectivity index (χ2v) is 6.24. The normalized spacial score (nSPS) is 11.8. The summed E-state index contributed by atoms with van der Waals surface area (Å²) < 4.78 is 27.1. The van der Waals surface area contributed by atoms with Crippen LogP contribution >= 0.6 is 7.60 Å². The van der Waals surface area contributed by atoms with Gasteiger partial charge in [-0.25, -0.2) is 0 Å². The van der Waals surface area contributed by atoms with Crippen LogP contribution in [0.4, 0.5) is 0 Å². The Bertz CT molecular complexity index is 689. The molecule has 0 aliphatic rings. The van der Waals surface area contributed by atoms with Gasteiger partial charge in [-0.05, 0) is 24.3 Å². The van der Waals surface area contributed by atoms with E-state index in [-0.39, 0.29) is 16.8 Å². The van der Waals surface area contributed by atoms with Crippen molar-refractivity contribution < 1.29 is 28.6 Å². The summed E-state index contributed by atoms with van der Waals surface area (Å²) >= 11 is 0. The van der Waals surface area contributed by atoms with Gasteiger partial charge < -0.3 is 24.0 Å². The Labute approximate surface area is 116 Å². The van der Waals surface area contributed by atoms with Crippen molar-refractivity contribution >= 4 is 23.7 Å². The topological polar surface area (TPSA) is 85.2 Å². The second kappa shape index (κ2) is 5.32. The van der Waals surface area contributed by atoms with E-state index in [0.29, 0.717) is 16.5 Å². The largest absolute Gasteiger partial charge is 0.507 e. The average molecular weight is 298 g/mol. The lowest BCUT2D eigenvalue weighted by atomic mass is 10.1. The fourth-order valence-electron chi connectivity index (χ4n) is 1.96. The zero-order valence-electron chi connectivity index (χ0n) is 11.3. The van der Waals surface area contributed by atoms with Crippen LogP contribution in [0.3, 0.4) is 0 Å². The van der Waals surface area contributed by atoms with E-state index in [1.165, 1.54) is 27.4 Å². The molecule has 0 saturated carbocycles. The minimum absolute atomic E-state index is 0.0855. The molecule has 20 heavy (non-hydrogen) atoms. The summed E-state index contributed by atoms with van der Waals surface area (Å²) in [6.07, 6.45) is 0. The molecule has 0 amide bonds. The highest BCUT2D eigenvalue weighted by Gasteiger charge is 2.30. The molecule has 0 radical (unpaired) electrons. The number of phenolic OH excluding ortho intramolecular Hbond substituents is 2. The number of hydrogen-bond donors (Lipinski definition) is 2. The van der Waals surface area contributed by atoms with Gasteiger partial charge in [-0.2, -0.15) is 0 Å². The lowest BCUT2D eigenvalue weighted by Gasteiger charge is -2.17. The van der Waals surface area contributed by atoms with E-state index in [0.717, 1.165) is 0 Å². The number of hydrogen-bond acceptors (Lipinski definition) is 6. The third-order valence-corrected chi connectivity index (χ3v) is 4.94. The quantitative estimate of drug-likeness (QED) is 0.666. The third-order valence-electron chi connectivity index (χ3n) is 3.05. The molecule has 2 N–H and O–H groups in total. The average Bonchev–Trinajstić information content (AvgIpc) is 2.49. The van der Waals surface area contributed by atoms with Crippen molar-refractivity contribution in [2.24, 2.45) is 0 Å². The Hall–Kier alpha value is -1.75. The SMILES string of the molecule is COc1ccc2c(O)c(P(=O)(OC)OC)cc(O)c2c1. The van der Waals surface area contributed by atoms with Crippen LogP contribution < -0.4 is 10.0 Å². The van der Waals surface area contributed by atoms with Crippen LogP contribution in [-0.2, 0) is 13.6 Å². The van der Waals surface area contributed by atoms with Crippen LogP contribution in [0.25, 0.3) is 10.8 Å². The molecule has 0 spiro atoms. The van der Waals surface area contributed by atoms with E-state index in [2.05, 4.69) is 0 Å². The van der Waals surface area contributed by atoms with E-state index in [9.17, 15) is 14.8 Å². The first-order chi connectivity index (χ1) is 9.46. The number of methoxy groups -OCH3 is 1. The summed E-state index contributed by atoms with van der Waals surface area (Å²) in [5.41, 5.74) is 0. The summed E-state index contributed by atoms with van der Waals surface area (Å²) in [6.45, 7) is 0. The summed E-state index contributed by atoms with van der Waals surface area (Å²) in [6, 6.07) is 5.92. The maximum Gasteiger partial charge on any atom is 0.364 e.